The third kappa shape index (κ3) is 5.88. The van der Waals surface area contributed by atoms with Gasteiger partial charge in [-0.1, -0.05) is 189 Å². The molecule has 12 rings (SSSR count). The number of fused-ring (bicyclic) bond motifs is 8. The van der Waals surface area contributed by atoms with Crippen molar-refractivity contribution in [3.8, 4) is 22.3 Å². The minimum Gasteiger partial charge on any atom is -0.309 e. The number of hydrogen-bond acceptors (Lipinski definition) is 3. The summed E-state index contributed by atoms with van der Waals surface area (Å²) in [7, 11) is 0. The van der Waals surface area contributed by atoms with E-state index in [9.17, 15) is 0 Å². The molecule has 0 amide bonds. The van der Waals surface area contributed by atoms with Crippen LogP contribution in [-0.4, -0.2) is 0 Å². The zero-order valence-electron chi connectivity index (χ0n) is 34.6. The molecule has 0 bridgehead atoms. The molecule has 0 radical (unpaired) electrons. The largest absolute Gasteiger partial charge is 0.309 e. The summed E-state index contributed by atoms with van der Waals surface area (Å²) >= 11 is 1.85. The van der Waals surface area contributed by atoms with Crippen molar-refractivity contribution in [2.45, 2.75) is 29.1 Å². The fourth-order valence-electron chi connectivity index (χ4n) is 9.90. The van der Waals surface area contributed by atoms with Crippen LogP contribution in [0.25, 0.3) is 57.3 Å². The van der Waals surface area contributed by atoms with Crippen LogP contribution >= 0.6 is 11.8 Å². The van der Waals surface area contributed by atoms with Crippen LogP contribution in [0.3, 0.4) is 0 Å². The van der Waals surface area contributed by atoms with Crippen LogP contribution in [-0.2, 0) is 5.41 Å². The van der Waals surface area contributed by atoms with Gasteiger partial charge >= 0.3 is 0 Å². The molecule has 3 heteroatoms. The predicted octanol–water partition coefficient (Wildman–Crippen LogP) is 16.9. The van der Waals surface area contributed by atoms with Gasteiger partial charge in [-0.05, 0) is 116 Å². The maximum Gasteiger partial charge on any atom is 0.0601 e. The molecule has 9 aromatic rings. The Kier molecular flexibility index (Phi) is 8.48. The van der Waals surface area contributed by atoms with E-state index in [4.69, 9.17) is 0 Å². The van der Waals surface area contributed by atoms with E-state index < -0.39 is 0 Å². The molecule has 0 atom stereocenters. The third-order valence-corrected chi connectivity index (χ3v) is 14.1. The van der Waals surface area contributed by atoms with E-state index in [0.29, 0.717) is 0 Å². The highest BCUT2D eigenvalue weighted by Crippen LogP contribution is 2.55. The molecule has 9 aromatic carbocycles. The molecule has 3 aliphatic rings. The number of rotatable bonds is 5. The van der Waals surface area contributed by atoms with E-state index in [0.717, 1.165) is 0 Å². The topological polar surface area (TPSA) is 6.48 Å². The van der Waals surface area contributed by atoms with Gasteiger partial charge in [-0.15, -0.1) is 0 Å². The summed E-state index contributed by atoms with van der Waals surface area (Å²) in [5.74, 6) is 0. The minimum absolute atomic E-state index is 0.148. The van der Waals surface area contributed by atoms with Gasteiger partial charge < -0.3 is 9.80 Å². The summed E-state index contributed by atoms with van der Waals surface area (Å²) in [4.78, 5) is 7.42. The van der Waals surface area contributed by atoms with Gasteiger partial charge in [0.2, 0.25) is 0 Å². The zero-order chi connectivity index (χ0) is 41.4. The van der Waals surface area contributed by atoms with Crippen molar-refractivity contribution in [3.63, 3.8) is 0 Å². The molecule has 1 aliphatic carbocycles. The lowest BCUT2D eigenvalue weighted by Gasteiger charge is -2.33. The van der Waals surface area contributed by atoms with Gasteiger partial charge in [-0.25, -0.2) is 0 Å². The molecule has 0 unspecified atom stereocenters. The first-order valence-electron chi connectivity index (χ1n) is 21.4. The number of nitrogens with zero attached hydrogens (tertiary/aromatic N) is 2. The summed E-state index contributed by atoms with van der Waals surface area (Å²) in [6, 6.07) is 71.3. The van der Waals surface area contributed by atoms with Crippen molar-refractivity contribution in [1.29, 1.82) is 0 Å². The van der Waals surface area contributed by atoms with E-state index in [1.54, 1.807) is 0 Å². The lowest BCUT2D eigenvalue weighted by atomic mass is 9.81. The van der Waals surface area contributed by atoms with E-state index in [1.807, 2.05) is 11.8 Å². The molecule has 0 saturated heterocycles. The summed E-state index contributed by atoms with van der Waals surface area (Å²) in [6.45, 7) is 4.75. The second kappa shape index (κ2) is 14.4. The molecule has 0 fully saturated rings. The highest BCUT2D eigenvalue weighted by atomic mass is 32.2. The number of hydrogen-bond donors (Lipinski definition) is 0. The van der Waals surface area contributed by atoms with Gasteiger partial charge in [-0.2, -0.15) is 0 Å². The molecule has 0 saturated carbocycles. The van der Waals surface area contributed by atoms with Crippen molar-refractivity contribution in [3.05, 3.63) is 228 Å². The SMILES string of the molecule is CC1(C)c2cc(/C=C/c3ccc(-c4ccc(N5c6ccccc6C=Cc6ccccc65)c5ccccc45)cc3)ccc2-c2ccc(N3c4ccccc4Sc4ccccc43)cc21. The van der Waals surface area contributed by atoms with Crippen LogP contribution < -0.4 is 9.80 Å². The Bertz CT molecular complexity index is 3220. The number of anilines is 6. The maximum atomic E-state index is 2.43. The Labute approximate surface area is 367 Å². The van der Waals surface area contributed by atoms with Crippen LogP contribution in [0, 0.1) is 0 Å². The molecule has 62 heavy (non-hydrogen) atoms. The van der Waals surface area contributed by atoms with Gasteiger partial charge in [0, 0.05) is 26.3 Å². The first kappa shape index (κ1) is 36.5. The van der Waals surface area contributed by atoms with Crippen molar-refractivity contribution >= 4 is 81.0 Å². The van der Waals surface area contributed by atoms with Crippen molar-refractivity contribution in [2.75, 3.05) is 9.80 Å². The smallest absolute Gasteiger partial charge is 0.0601 e. The highest BCUT2D eigenvalue weighted by Gasteiger charge is 2.37. The lowest BCUT2D eigenvalue weighted by molar-refractivity contribution is 0.660. The van der Waals surface area contributed by atoms with E-state index in [1.165, 1.54) is 110 Å². The van der Waals surface area contributed by atoms with Crippen LogP contribution in [0.1, 0.15) is 47.2 Å². The second-order valence-corrected chi connectivity index (χ2v) is 18.0. The average molecular weight is 811 g/mol. The molecule has 2 aliphatic heterocycles. The monoisotopic (exact) mass is 810 g/mol. The van der Waals surface area contributed by atoms with Gasteiger partial charge in [0.1, 0.15) is 0 Å². The summed E-state index contributed by atoms with van der Waals surface area (Å²) in [5, 5.41) is 2.46. The third-order valence-electron chi connectivity index (χ3n) is 13.0. The van der Waals surface area contributed by atoms with Crippen LogP contribution in [0.5, 0.6) is 0 Å². The van der Waals surface area contributed by atoms with Crippen LogP contribution in [0.15, 0.2) is 204 Å². The van der Waals surface area contributed by atoms with Gasteiger partial charge in [-0.3, -0.25) is 0 Å². The minimum atomic E-state index is -0.148. The molecule has 2 heterocycles. The average Bonchev–Trinajstić information content (AvgIpc) is 3.42. The Morgan fingerprint density at radius 3 is 1.60 bits per heavy atom. The Morgan fingerprint density at radius 2 is 0.919 bits per heavy atom. The normalized spacial score (nSPS) is 14.2. The standard InChI is InChI=1S/C59H42N2S/c1-59(2)50-37-40(27-33-47(50)48-34-32-44(38-51(48)59)60-55-19-9-11-21-57(55)62-58-22-12-10-20-56(58)60)24-23-39-25-28-41(29-26-39)45-35-36-54(49-16-6-5-15-46(45)49)61-52-17-7-3-13-42(52)30-31-43-14-4-8-18-53(43)61/h3-38H,1-2H3/b24-23+. The fraction of sp³-hybridized carbons (Fsp3) is 0.0508. The molecule has 0 spiro atoms. The summed E-state index contributed by atoms with van der Waals surface area (Å²) < 4.78 is 0. The molecule has 294 valence electrons. The van der Waals surface area contributed by atoms with Gasteiger partial charge in [0.05, 0.1) is 28.4 Å². The fourth-order valence-corrected chi connectivity index (χ4v) is 11.0. The molecular formula is C59H42N2S. The van der Waals surface area contributed by atoms with Crippen LogP contribution in [0.4, 0.5) is 34.1 Å². The Morgan fingerprint density at radius 1 is 0.403 bits per heavy atom. The van der Waals surface area contributed by atoms with E-state index >= 15 is 0 Å². The van der Waals surface area contributed by atoms with Crippen molar-refractivity contribution < 1.29 is 0 Å². The van der Waals surface area contributed by atoms with E-state index in [2.05, 4.69) is 242 Å². The zero-order valence-corrected chi connectivity index (χ0v) is 35.4. The molecule has 2 nitrogen and oxygen atoms in total. The molecule has 0 N–H and O–H groups in total. The quantitative estimate of drug-likeness (QED) is 0.160. The highest BCUT2D eigenvalue weighted by molar-refractivity contribution is 7.99. The van der Waals surface area contributed by atoms with Gasteiger partial charge in [0.25, 0.3) is 0 Å². The summed E-state index contributed by atoms with van der Waals surface area (Å²) in [6.07, 6.45) is 8.96. The Balaban J connectivity index is 0.836. The van der Waals surface area contributed by atoms with Gasteiger partial charge in [0.15, 0.2) is 0 Å². The Hall–Kier alpha value is -7.33. The number of benzene rings is 9. The van der Waals surface area contributed by atoms with Crippen molar-refractivity contribution in [2.24, 2.45) is 0 Å². The van der Waals surface area contributed by atoms with Crippen molar-refractivity contribution in [1.82, 2.24) is 0 Å². The second-order valence-electron chi connectivity index (χ2n) is 17.0. The molecule has 0 aromatic heterocycles. The lowest BCUT2D eigenvalue weighted by Crippen LogP contribution is -2.18. The molecular weight excluding hydrogens is 769 g/mol. The maximum absolute atomic E-state index is 2.43. The van der Waals surface area contributed by atoms with E-state index in [-0.39, 0.29) is 5.41 Å². The summed E-state index contributed by atoms with van der Waals surface area (Å²) in [5.41, 5.74) is 19.7. The van der Waals surface area contributed by atoms with Crippen LogP contribution in [0.2, 0.25) is 0 Å². The predicted molar refractivity (Wildman–Crippen MR) is 265 cm³/mol. The first-order chi connectivity index (χ1) is 30.5. The first-order valence-corrected chi connectivity index (χ1v) is 22.2. The number of para-hydroxylation sites is 4.